The first-order valence-electron chi connectivity index (χ1n) is 6.93. The summed E-state index contributed by atoms with van der Waals surface area (Å²) in [7, 11) is 1.75. The Hall–Kier alpha value is -1.22. The Morgan fingerprint density at radius 2 is 2.22 bits per heavy atom. The van der Waals surface area contributed by atoms with Gasteiger partial charge in [0.1, 0.15) is 5.75 Å². The van der Waals surface area contributed by atoms with Gasteiger partial charge in [-0.05, 0) is 44.0 Å². The van der Waals surface area contributed by atoms with Crippen LogP contribution in [0, 0.1) is 5.92 Å². The summed E-state index contributed by atoms with van der Waals surface area (Å²) in [6.07, 6.45) is 2.60. The van der Waals surface area contributed by atoms with Crippen molar-refractivity contribution in [1.82, 2.24) is 5.32 Å². The number of rotatable bonds is 5. The molecular formula is C15H24N2O. The first-order chi connectivity index (χ1) is 8.85. The number of anilines is 1. The number of nitrogens with one attached hydrogen (secondary N) is 1. The molecule has 1 aliphatic heterocycles. The van der Waals surface area contributed by atoms with E-state index in [0.29, 0.717) is 0 Å². The van der Waals surface area contributed by atoms with Crippen LogP contribution >= 0.6 is 0 Å². The van der Waals surface area contributed by atoms with Crippen molar-refractivity contribution in [3.8, 4) is 5.75 Å². The van der Waals surface area contributed by atoms with E-state index in [-0.39, 0.29) is 0 Å². The quantitative estimate of drug-likeness (QED) is 0.866. The number of methoxy groups -OCH3 is 1. The molecule has 1 fully saturated rings. The van der Waals surface area contributed by atoms with Gasteiger partial charge in [0.25, 0.3) is 0 Å². The third-order valence-corrected chi connectivity index (χ3v) is 3.63. The summed E-state index contributed by atoms with van der Waals surface area (Å²) >= 11 is 0. The van der Waals surface area contributed by atoms with E-state index in [4.69, 9.17) is 4.74 Å². The largest absolute Gasteiger partial charge is 0.495 e. The predicted molar refractivity (Wildman–Crippen MR) is 76.5 cm³/mol. The number of hydrogen-bond acceptors (Lipinski definition) is 3. The Bertz CT molecular complexity index is 367. The van der Waals surface area contributed by atoms with Crippen molar-refractivity contribution >= 4 is 5.69 Å². The number of ether oxygens (including phenoxy) is 1. The maximum Gasteiger partial charge on any atom is 0.142 e. The molecule has 1 atom stereocenters. The summed E-state index contributed by atoms with van der Waals surface area (Å²) in [5, 5.41) is 3.46. The van der Waals surface area contributed by atoms with Gasteiger partial charge in [-0.3, -0.25) is 0 Å². The second-order valence-electron chi connectivity index (χ2n) is 4.93. The fourth-order valence-electron chi connectivity index (χ4n) is 2.69. The van der Waals surface area contributed by atoms with Gasteiger partial charge in [0.05, 0.1) is 12.8 Å². The molecule has 0 aromatic heterocycles. The van der Waals surface area contributed by atoms with Gasteiger partial charge >= 0.3 is 0 Å². The number of nitrogens with zero attached hydrogens (tertiary/aromatic N) is 1. The van der Waals surface area contributed by atoms with E-state index in [1.807, 2.05) is 12.1 Å². The summed E-state index contributed by atoms with van der Waals surface area (Å²) in [5.41, 5.74) is 1.24. The molecule has 1 heterocycles. The molecule has 0 saturated carbocycles. The minimum Gasteiger partial charge on any atom is -0.495 e. The predicted octanol–water partition coefficient (Wildman–Crippen LogP) is 2.52. The van der Waals surface area contributed by atoms with Crippen molar-refractivity contribution in [2.45, 2.75) is 19.8 Å². The van der Waals surface area contributed by atoms with Gasteiger partial charge in [-0.1, -0.05) is 19.1 Å². The van der Waals surface area contributed by atoms with Gasteiger partial charge < -0.3 is 15.0 Å². The summed E-state index contributed by atoms with van der Waals surface area (Å²) in [6, 6.07) is 8.33. The van der Waals surface area contributed by atoms with Crippen LogP contribution < -0.4 is 15.0 Å². The van der Waals surface area contributed by atoms with Crippen LogP contribution in [0.4, 0.5) is 5.69 Å². The van der Waals surface area contributed by atoms with Crippen LogP contribution in [0.1, 0.15) is 19.8 Å². The molecule has 1 saturated heterocycles. The van der Waals surface area contributed by atoms with Gasteiger partial charge in [0.15, 0.2) is 0 Å². The normalized spacial score (nSPS) is 19.9. The van der Waals surface area contributed by atoms with Crippen LogP contribution in [0.2, 0.25) is 0 Å². The molecule has 18 heavy (non-hydrogen) atoms. The zero-order valence-electron chi connectivity index (χ0n) is 11.5. The molecule has 0 bridgehead atoms. The van der Waals surface area contributed by atoms with Crippen molar-refractivity contribution in [1.29, 1.82) is 0 Å². The molecule has 100 valence electrons. The summed E-state index contributed by atoms with van der Waals surface area (Å²) in [6.45, 7) is 6.63. The second kappa shape index (κ2) is 6.64. The molecule has 1 aromatic rings. The maximum atomic E-state index is 5.46. The average Bonchev–Trinajstić information content (AvgIpc) is 2.45. The number of benzene rings is 1. The lowest BCUT2D eigenvalue weighted by atomic mass is 9.97. The highest BCUT2D eigenvalue weighted by molar-refractivity contribution is 5.58. The Balaban J connectivity index is 2.03. The van der Waals surface area contributed by atoms with Crippen molar-refractivity contribution in [2.75, 3.05) is 38.2 Å². The van der Waals surface area contributed by atoms with Gasteiger partial charge in [-0.15, -0.1) is 0 Å². The Morgan fingerprint density at radius 3 is 3.00 bits per heavy atom. The van der Waals surface area contributed by atoms with Crippen LogP contribution in [0.5, 0.6) is 5.75 Å². The molecule has 0 aliphatic carbocycles. The molecule has 3 nitrogen and oxygen atoms in total. The van der Waals surface area contributed by atoms with E-state index in [9.17, 15) is 0 Å². The lowest BCUT2D eigenvalue weighted by Crippen LogP contribution is -2.39. The summed E-state index contributed by atoms with van der Waals surface area (Å²) < 4.78 is 5.46. The molecule has 2 rings (SSSR count). The van der Waals surface area contributed by atoms with Gasteiger partial charge in [0.2, 0.25) is 0 Å². The number of hydrogen-bond donors (Lipinski definition) is 1. The van der Waals surface area contributed by atoms with Crippen molar-refractivity contribution in [3.05, 3.63) is 24.3 Å². The second-order valence-corrected chi connectivity index (χ2v) is 4.93. The van der Waals surface area contributed by atoms with Crippen LogP contribution in [0.3, 0.4) is 0 Å². The average molecular weight is 248 g/mol. The molecule has 3 heteroatoms. The summed E-state index contributed by atoms with van der Waals surface area (Å²) in [5.74, 6) is 1.74. The Morgan fingerprint density at radius 1 is 1.39 bits per heavy atom. The molecule has 0 amide bonds. The lowest BCUT2D eigenvalue weighted by molar-refractivity contribution is 0.384. The SMILES string of the molecule is CCNCC1CCCN(c2ccccc2OC)C1. The lowest BCUT2D eigenvalue weighted by Gasteiger charge is -2.35. The monoisotopic (exact) mass is 248 g/mol. The number of para-hydroxylation sites is 2. The molecule has 1 N–H and O–H groups in total. The molecule has 1 aromatic carbocycles. The van der Waals surface area contributed by atoms with Crippen LogP contribution in [0.15, 0.2) is 24.3 Å². The highest BCUT2D eigenvalue weighted by Gasteiger charge is 2.21. The van der Waals surface area contributed by atoms with Crippen molar-refractivity contribution in [3.63, 3.8) is 0 Å². The molecule has 1 aliphatic rings. The minimum absolute atomic E-state index is 0.753. The molecule has 0 spiro atoms. The van der Waals surface area contributed by atoms with Gasteiger partial charge in [0, 0.05) is 13.1 Å². The van der Waals surface area contributed by atoms with Crippen molar-refractivity contribution < 1.29 is 4.74 Å². The summed E-state index contributed by atoms with van der Waals surface area (Å²) in [4.78, 5) is 2.46. The zero-order valence-corrected chi connectivity index (χ0v) is 11.5. The number of piperidine rings is 1. The maximum absolute atomic E-state index is 5.46. The van der Waals surface area contributed by atoms with Gasteiger partial charge in [-0.25, -0.2) is 0 Å². The fourth-order valence-corrected chi connectivity index (χ4v) is 2.69. The van der Waals surface area contributed by atoms with Crippen LogP contribution in [-0.4, -0.2) is 33.3 Å². The van der Waals surface area contributed by atoms with E-state index in [0.717, 1.165) is 37.8 Å². The smallest absolute Gasteiger partial charge is 0.142 e. The Labute approximate surface area is 110 Å². The first-order valence-corrected chi connectivity index (χ1v) is 6.93. The highest BCUT2D eigenvalue weighted by atomic mass is 16.5. The van der Waals surface area contributed by atoms with Gasteiger partial charge in [-0.2, -0.15) is 0 Å². The topological polar surface area (TPSA) is 24.5 Å². The van der Waals surface area contributed by atoms with E-state index in [2.05, 4.69) is 29.3 Å². The third-order valence-electron chi connectivity index (χ3n) is 3.63. The first kappa shape index (κ1) is 13.2. The van der Waals surface area contributed by atoms with E-state index >= 15 is 0 Å². The van der Waals surface area contributed by atoms with E-state index < -0.39 is 0 Å². The molecule has 0 radical (unpaired) electrons. The Kier molecular flexibility index (Phi) is 4.88. The van der Waals surface area contributed by atoms with Crippen molar-refractivity contribution in [2.24, 2.45) is 5.92 Å². The standard InChI is InChI=1S/C15H24N2O/c1-3-16-11-13-7-6-10-17(12-13)14-8-4-5-9-15(14)18-2/h4-5,8-9,13,16H,3,6-7,10-12H2,1-2H3. The fraction of sp³-hybridized carbons (Fsp3) is 0.600. The van der Waals surface area contributed by atoms with E-state index in [1.54, 1.807) is 7.11 Å². The van der Waals surface area contributed by atoms with Crippen LogP contribution in [-0.2, 0) is 0 Å². The minimum atomic E-state index is 0.753. The molecule has 1 unspecified atom stereocenters. The van der Waals surface area contributed by atoms with E-state index in [1.165, 1.54) is 18.5 Å². The molecular weight excluding hydrogens is 224 g/mol. The zero-order chi connectivity index (χ0) is 12.8. The third kappa shape index (κ3) is 3.16. The highest BCUT2D eigenvalue weighted by Crippen LogP contribution is 2.31. The van der Waals surface area contributed by atoms with Crippen LogP contribution in [0.25, 0.3) is 0 Å².